The van der Waals surface area contributed by atoms with Gasteiger partial charge in [0.2, 0.25) is 0 Å². The first-order chi connectivity index (χ1) is 13.6. The van der Waals surface area contributed by atoms with Gasteiger partial charge in [0.05, 0.1) is 31.6 Å². The van der Waals surface area contributed by atoms with Gasteiger partial charge in [0, 0.05) is 50.2 Å². The molecular formula is C20H34IN7O. The van der Waals surface area contributed by atoms with E-state index in [9.17, 15) is 0 Å². The summed E-state index contributed by atoms with van der Waals surface area (Å²) in [5.41, 5.74) is 4.79. The van der Waals surface area contributed by atoms with E-state index in [-0.39, 0.29) is 30.1 Å². The molecule has 8 nitrogen and oxygen atoms in total. The van der Waals surface area contributed by atoms with Gasteiger partial charge in [0.15, 0.2) is 5.96 Å². The molecule has 1 N–H and O–H groups in total. The van der Waals surface area contributed by atoms with Gasteiger partial charge in [-0.05, 0) is 19.8 Å². The van der Waals surface area contributed by atoms with Crippen molar-refractivity contribution in [1.29, 1.82) is 0 Å². The van der Waals surface area contributed by atoms with Crippen LogP contribution < -0.4 is 5.32 Å². The minimum Gasteiger partial charge on any atom is -0.370 e. The second-order valence-electron chi connectivity index (χ2n) is 7.13. The average molecular weight is 515 g/mol. The Hall–Kier alpha value is -1.62. The van der Waals surface area contributed by atoms with Gasteiger partial charge < -0.3 is 15.0 Å². The van der Waals surface area contributed by atoms with E-state index in [0.717, 1.165) is 49.7 Å². The molecule has 2 aromatic heterocycles. The average Bonchev–Trinajstić information content (AvgIpc) is 3.27. The van der Waals surface area contributed by atoms with Crippen LogP contribution in [0.5, 0.6) is 0 Å². The fourth-order valence-electron chi connectivity index (χ4n) is 3.80. The smallest absolute Gasteiger partial charge is 0.194 e. The molecule has 9 heteroatoms. The molecule has 1 fully saturated rings. The van der Waals surface area contributed by atoms with E-state index in [1.165, 1.54) is 11.3 Å². The third kappa shape index (κ3) is 5.50. The number of nitrogens with zero attached hydrogens (tertiary/aromatic N) is 6. The van der Waals surface area contributed by atoms with Crippen molar-refractivity contribution in [2.24, 2.45) is 19.1 Å². The molecule has 0 amide bonds. The SMILES string of the molecule is CCNC(=NCc1c(CC)nn(C)c1CC)N1CCOC(c2cnn(C)c2)C1.I. The van der Waals surface area contributed by atoms with Gasteiger partial charge in [-0.15, -0.1) is 24.0 Å². The number of aryl methyl sites for hydroxylation is 3. The van der Waals surface area contributed by atoms with Crippen molar-refractivity contribution >= 4 is 29.9 Å². The molecule has 0 aromatic carbocycles. The third-order valence-corrected chi connectivity index (χ3v) is 5.21. The quantitative estimate of drug-likeness (QED) is 0.364. The van der Waals surface area contributed by atoms with E-state index in [4.69, 9.17) is 9.73 Å². The molecule has 1 saturated heterocycles. The summed E-state index contributed by atoms with van der Waals surface area (Å²) in [6.07, 6.45) is 5.81. The Morgan fingerprint density at radius 1 is 1.28 bits per heavy atom. The number of hydrogen-bond acceptors (Lipinski definition) is 4. The molecule has 0 spiro atoms. The first kappa shape index (κ1) is 23.7. The number of ether oxygens (including phenoxy) is 1. The van der Waals surface area contributed by atoms with Gasteiger partial charge in [0.25, 0.3) is 0 Å². The second kappa shape index (κ2) is 11.0. The van der Waals surface area contributed by atoms with Crippen molar-refractivity contribution in [3.63, 3.8) is 0 Å². The molecule has 29 heavy (non-hydrogen) atoms. The van der Waals surface area contributed by atoms with Crippen molar-refractivity contribution < 1.29 is 4.74 Å². The Morgan fingerprint density at radius 3 is 2.69 bits per heavy atom. The highest BCUT2D eigenvalue weighted by Crippen LogP contribution is 2.22. The fourth-order valence-corrected chi connectivity index (χ4v) is 3.80. The van der Waals surface area contributed by atoms with E-state index in [2.05, 4.69) is 41.2 Å². The summed E-state index contributed by atoms with van der Waals surface area (Å²) in [6.45, 7) is 10.2. The Balaban J connectivity index is 0.00000300. The molecule has 1 aliphatic rings. The molecule has 3 rings (SSSR count). The monoisotopic (exact) mass is 515 g/mol. The van der Waals surface area contributed by atoms with Gasteiger partial charge >= 0.3 is 0 Å². The van der Waals surface area contributed by atoms with E-state index in [0.29, 0.717) is 13.2 Å². The van der Waals surface area contributed by atoms with E-state index < -0.39 is 0 Å². The minimum absolute atomic E-state index is 0. The lowest BCUT2D eigenvalue weighted by atomic mass is 10.1. The number of rotatable bonds is 6. The molecule has 3 heterocycles. The molecule has 1 atom stereocenters. The van der Waals surface area contributed by atoms with Crippen LogP contribution in [-0.2, 0) is 38.2 Å². The van der Waals surface area contributed by atoms with Crippen molar-refractivity contribution in [1.82, 2.24) is 29.8 Å². The fraction of sp³-hybridized carbons (Fsp3) is 0.650. The van der Waals surface area contributed by atoms with Crippen molar-refractivity contribution in [2.75, 3.05) is 26.2 Å². The van der Waals surface area contributed by atoms with E-state index in [1.807, 2.05) is 35.9 Å². The summed E-state index contributed by atoms with van der Waals surface area (Å²) in [4.78, 5) is 7.26. The normalized spacial score (nSPS) is 17.3. The summed E-state index contributed by atoms with van der Waals surface area (Å²) in [6, 6.07) is 0. The van der Waals surface area contributed by atoms with E-state index >= 15 is 0 Å². The maximum atomic E-state index is 5.98. The van der Waals surface area contributed by atoms with Gasteiger partial charge in [0.1, 0.15) is 6.10 Å². The second-order valence-corrected chi connectivity index (χ2v) is 7.13. The molecule has 0 radical (unpaired) electrons. The number of aliphatic imine (C=N–C) groups is 1. The minimum atomic E-state index is 0. The molecule has 1 aliphatic heterocycles. The lowest BCUT2D eigenvalue weighted by Crippen LogP contribution is -2.48. The summed E-state index contributed by atoms with van der Waals surface area (Å²) < 4.78 is 9.81. The van der Waals surface area contributed by atoms with Gasteiger partial charge in [-0.25, -0.2) is 4.99 Å². The lowest BCUT2D eigenvalue weighted by Gasteiger charge is -2.34. The lowest BCUT2D eigenvalue weighted by molar-refractivity contribution is -0.00805. The Morgan fingerprint density at radius 2 is 2.07 bits per heavy atom. The highest BCUT2D eigenvalue weighted by atomic mass is 127. The summed E-state index contributed by atoms with van der Waals surface area (Å²) in [7, 11) is 3.96. The first-order valence-electron chi connectivity index (χ1n) is 10.2. The molecule has 0 saturated carbocycles. The summed E-state index contributed by atoms with van der Waals surface area (Å²) in [5, 5.41) is 12.4. The Kier molecular flexibility index (Phi) is 8.94. The number of guanidine groups is 1. The van der Waals surface area contributed by atoms with Crippen molar-refractivity contribution in [3.05, 3.63) is 34.9 Å². The first-order valence-corrected chi connectivity index (χ1v) is 10.2. The van der Waals surface area contributed by atoms with E-state index in [1.54, 1.807) is 0 Å². The van der Waals surface area contributed by atoms with Crippen LogP contribution in [0, 0.1) is 0 Å². The zero-order valence-corrected chi connectivity index (χ0v) is 20.5. The highest BCUT2D eigenvalue weighted by molar-refractivity contribution is 14.0. The van der Waals surface area contributed by atoms with Crippen LogP contribution in [0.3, 0.4) is 0 Å². The van der Waals surface area contributed by atoms with Crippen LogP contribution >= 0.6 is 24.0 Å². The predicted molar refractivity (Wildman–Crippen MR) is 126 cm³/mol. The maximum Gasteiger partial charge on any atom is 0.194 e. The number of nitrogens with one attached hydrogen (secondary N) is 1. The molecule has 162 valence electrons. The van der Waals surface area contributed by atoms with Gasteiger partial charge in [-0.3, -0.25) is 9.36 Å². The summed E-state index contributed by atoms with van der Waals surface area (Å²) in [5.74, 6) is 0.938. The molecular weight excluding hydrogens is 481 g/mol. The number of morpholine rings is 1. The van der Waals surface area contributed by atoms with Gasteiger partial charge in [-0.2, -0.15) is 10.2 Å². The van der Waals surface area contributed by atoms with Crippen molar-refractivity contribution in [3.8, 4) is 0 Å². The van der Waals surface area contributed by atoms with Gasteiger partial charge in [-0.1, -0.05) is 13.8 Å². The van der Waals surface area contributed by atoms with Crippen LogP contribution in [0.15, 0.2) is 17.4 Å². The van der Waals surface area contributed by atoms with Crippen LogP contribution in [0.25, 0.3) is 0 Å². The Labute approximate surface area is 190 Å². The zero-order chi connectivity index (χ0) is 20.1. The predicted octanol–water partition coefficient (Wildman–Crippen LogP) is 2.44. The largest absolute Gasteiger partial charge is 0.370 e. The van der Waals surface area contributed by atoms with Crippen LogP contribution in [0.4, 0.5) is 0 Å². The number of halogens is 1. The van der Waals surface area contributed by atoms with Crippen LogP contribution in [0.2, 0.25) is 0 Å². The maximum absolute atomic E-state index is 5.98. The topological polar surface area (TPSA) is 72.5 Å². The standard InChI is InChI=1S/C20H33N7O.HI/c1-6-17-16(18(7-2)26(5)24-17)12-22-20(21-8-3)27-9-10-28-19(14-27)15-11-23-25(4)13-15;/h11,13,19H,6-10,12,14H2,1-5H3,(H,21,22);1H. The Bertz CT molecular complexity index is 814. The highest BCUT2D eigenvalue weighted by Gasteiger charge is 2.25. The number of aromatic nitrogens is 4. The summed E-state index contributed by atoms with van der Waals surface area (Å²) >= 11 is 0. The third-order valence-electron chi connectivity index (χ3n) is 5.21. The molecule has 1 unspecified atom stereocenters. The molecule has 2 aromatic rings. The van der Waals surface area contributed by atoms with Crippen molar-refractivity contribution in [2.45, 2.75) is 46.3 Å². The van der Waals surface area contributed by atoms with Crippen LogP contribution in [0.1, 0.15) is 49.4 Å². The zero-order valence-electron chi connectivity index (χ0n) is 18.2. The molecule has 0 bridgehead atoms. The van der Waals surface area contributed by atoms with Crippen LogP contribution in [-0.4, -0.2) is 56.7 Å². The number of hydrogen-bond donors (Lipinski definition) is 1. The molecule has 0 aliphatic carbocycles.